The Balaban J connectivity index is 1.82. The van der Waals surface area contributed by atoms with Gasteiger partial charge in [-0.15, -0.1) is 0 Å². The highest BCUT2D eigenvalue weighted by atomic mass is 16.5. The molecular formula is C16H19NO4. The zero-order valence-electron chi connectivity index (χ0n) is 12.1. The number of nitrogens with zero attached hydrogens (tertiary/aromatic N) is 1. The lowest BCUT2D eigenvalue weighted by Crippen LogP contribution is -2.26. The number of aryl methyl sites for hydroxylation is 2. The molecule has 1 N–H and O–H groups in total. The Morgan fingerprint density at radius 1 is 1.38 bits per heavy atom. The van der Waals surface area contributed by atoms with E-state index in [2.05, 4.69) is 12.1 Å². The predicted octanol–water partition coefficient (Wildman–Crippen LogP) is 1.62. The number of ether oxygens (including phenoxy) is 1. The fourth-order valence-electron chi connectivity index (χ4n) is 3.26. The van der Waals surface area contributed by atoms with Crippen molar-refractivity contribution in [3.05, 3.63) is 28.8 Å². The molecule has 0 saturated carbocycles. The number of carbonyl (C=O) groups is 2. The molecule has 3 rings (SSSR count). The van der Waals surface area contributed by atoms with Gasteiger partial charge >= 0.3 is 5.97 Å². The van der Waals surface area contributed by atoms with Crippen LogP contribution in [-0.4, -0.2) is 35.5 Å². The number of benzene rings is 1. The van der Waals surface area contributed by atoms with Crippen LogP contribution in [0.5, 0.6) is 5.75 Å². The Labute approximate surface area is 123 Å². The van der Waals surface area contributed by atoms with Crippen LogP contribution >= 0.6 is 0 Å². The Morgan fingerprint density at radius 2 is 2.10 bits per heavy atom. The van der Waals surface area contributed by atoms with Crippen LogP contribution in [0.15, 0.2) is 12.1 Å². The van der Waals surface area contributed by atoms with Crippen LogP contribution in [0, 0.1) is 5.92 Å². The predicted molar refractivity (Wildman–Crippen MR) is 76.2 cm³/mol. The number of carbonyl (C=O) groups excluding carboxylic acids is 1. The van der Waals surface area contributed by atoms with Crippen molar-refractivity contribution in [3.63, 3.8) is 0 Å². The summed E-state index contributed by atoms with van der Waals surface area (Å²) in [7, 11) is 1.63. The molecule has 2 aliphatic rings. The highest BCUT2D eigenvalue weighted by Gasteiger charge is 2.34. The Morgan fingerprint density at radius 3 is 2.71 bits per heavy atom. The van der Waals surface area contributed by atoms with Gasteiger partial charge in [-0.3, -0.25) is 9.59 Å². The van der Waals surface area contributed by atoms with Gasteiger partial charge in [0.05, 0.1) is 13.0 Å². The molecule has 1 fully saturated rings. The smallest absolute Gasteiger partial charge is 0.308 e. The van der Waals surface area contributed by atoms with Crippen molar-refractivity contribution in [3.8, 4) is 5.75 Å². The lowest BCUT2D eigenvalue weighted by molar-refractivity contribution is -0.141. The van der Waals surface area contributed by atoms with Gasteiger partial charge in [0, 0.05) is 25.1 Å². The van der Waals surface area contributed by atoms with Crippen molar-refractivity contribution < 1.29 is 19.4 Å². The number of hydrogen-bond acceptors (Lipinski definition) is 3. The minimum absolute atomic E-state index is 0.0926. The van der Waals surface area contributed by atoms with Gasteiger partial charge in [0.25, 0.3) is 0 Å². The molecule has 5 nitrogen and oxygen atoms in total. The zero-order valence-corrected chi connectivity index (χ0v) is 12.1. The Bertz CT molecular complexity index is 596. The molecule has 112 valence electrons. The molecule has 1 atom stereocenters. The number of carboxylic acid groups (broad SMARTS) is 1. The van der Waals surface area contributed by atoms with Gasteiger partial charge in [0.15, 0.2) is 0 Å². The summed E-state index contributed by atoms with van der Waals surface area (Å²) in [4.78, 5) is 24.6. The maximum absolute atomic E-state index is 11.9. The van der Waals surface area contributed by atoms with Crippen molar-refractivity contribution >= 4 is 11.9 Å². The third-order valence-corrected chi connectivity index (χ3v) is 4.42. The summed E-state index contributed by atoms with van der Waals surface area (Å²) in [6.07, 6.45) is 3.40. The van der Waals surface area contributed by atoms with E-state index in [4.69, 9.17) is 9.84 Å². The number of likely N-dealkylation sites (tertiary alicyclic amines) is 1. The molecule has 1 aliphatic carbocycles. The summed E-state index contributed by atoms with van der Waals surface area (Å²) < 4.78 is 5.44. The molecule has 1 aromatic rings. The Hall–Kier alpha value is -2.04. The van der Waals surface area contributed by atoms with Gasteiger partial charge in [-0.2, -0.15) is 0 Å². The van der Waals surface area contributed by atoms with Gasteiger partial charge in [0.2, 0.25) is 5.91 Å². The van der Waals surface area contributed by atoms with Crippen LogP contribution in [-0.2, 0) is 29.0 Å². The summed E-state index contributed by atoms with van der Waals surface area (Å²) >= 11 is 0. The van der Waals surface area contributed by atoms with Crippen LogP contribution in [0.4, 0.5) is 0 Å². The number of amides is 1. The average Bonchev–Trinajstić information content (AvgIpc) is 3.05. The number of rotatable bonds is 4. The molecule has 1 aromatic carbocycles. The molecule has 0 bridgehead atoms. The van der Waals surface area contributed by atoms with E-state index in [0.717, 1.165) is 30.6 Å². The molecule has 1 heterocycles. The van der Waals surface area contributed by atoms with Crippen molar-refractivity contribution in [1.82, 2.24) is 4.90 Å². The van der Waals surface area contributed by atoms with Gasteiger partial charge in [-0.05, 0) is 36.5 Å². The van der Waals surface area contributed by atoms with Crippen LogP contribution in [0.2, 0.25) is 0 Å². The maximum Gasteiger partial charge on any atom is 0.308 e. The number of carboxylic acids is 1. The third-order valence-electron chi connectivity index (χ3n) is 4.42. The summed E-state index contributed by atoms with van der Waals surface area (Å²) in [6.45, 7) is 0.716. The first-order chi connectivity index (χ1) is 10.1. The van der Waals surface area contributed by atoms with Crippen LogP contribution in [0.3, 0.4) is 0 Å². The first kappa shape index (κ1) is 13.9. The SMILES string of the molecule is COc1cc2c(cc1CN1CC(C(=O)O)CC1=O)CCC2. The summed E-state index contributed by atoms with van der Waals surface area (Å²) in [5.41, 5.74) is 3.62. The Kier molecular flexibility index (Phi) is 3.57. The van der Waals surface area contributed by atoms with Crippen LogP contribution < -0.4 is 4.74 Å². The van der Waals surface area contributed by atoms with E-state index < -0.39 is 11.9 Å². The zero-order chi connectivity index (χ0) is 15.0. The van der Waals surface area contributed by atoms with Crippen molar-refractivity contribution in [2.45, 2.75) is 32.2 Å². The van der Waals surface area contributed by atoms with Gasteiger partial charge in [-0.1, -0.05) is 6.07 Å². The maximum atomic E-state index is 11.9. The second kappa shape index (κ2) is 5.39. The number of methoxy groups -OCH3 is 1. The van der Waals surface area contributed by atoms with Gasteiger partial charge in [0.1, 0.15) is 5.75 Å². The first-order valence-corrected chi connectivity index (χ1v) is 7.27. The molecule has 21 heavy (non-hydrogen) atoms. The summed E-state index contributed by atoms with van der Waals surface area (Å²) in [5, 5.41) is 9.04. The van der Waals surface area contributed by atoms with Gasteiger partial charge in [-0.25, -0.2) is 0 Å². The molecule has 1 amide bonds. The summed E-state index contributed by atoms with van der Waals surface area (Å²) in [5.74, 6) is -0.781. The van der Waals surface area contributed by atoms with Crippen molar-refractivity contribution in [2.24, 2.45) is 5.92 Å². The molecule has 0 spiro atoms. The number of aliphatic carboxylic acids is 1. The number of hydrogen-bond donors (Lipinski definition) is 1. The number of fused-ring (bicyclic) bond motifs is 1. The fraction of sp³-hybridized carbons (Fsp3) is 0.500. The van der Waals surface area contributed by atoms with Crippen molar-refractivity contribution in [2.75, 3.05) is 13.7 Å². The second-order valence-electron chi connectivity index (χ2n) is 5.80. The second-order valence-corrected chi connectivity index (χ2v) is 5.80. The third kappa shape index (κ3) is 2.60. The van der Waals surface area contributed by atoms with E-state index in [-0.39, 0.29) is 18.9 Å². The lowest BCUT2D eigenvalue weighted by atomic mass is 10.0. The van der Waals surface area contributed by atoms with Crippen LogP contribution in [0.1, 0.15) is 29.5 Å². The van der Waals surface area contributed by atoms with E-state index in [1.807, 2.05) is 0 Å². The van der Waals surface area contributed by atoms with E-state index in [1.54, 1.807) is 12.0 Å². The fourth-order valence-corrected chi connectivity index (χ4v) is 3.26. The molecule has 5 heteroatoms. The molecule has 1 saturated heterocycles. The minimum atomic E-state index is -0.897. The topological polar surface area (TPSA) is 66.8 Å². The van der Waals surface area contributed by atoms with E-state index >= 15 is 0 Å². The molecular weight excluding hydrogens is 270 g/mol. The van der Waals surface area contributed by atoms with Crippen LogP contribution in [0.25, 0.3) is 0 Å². The van der Waals surface area contributed by atoms with E-state index in [0.29, 0.717) is 6.54 Å². The molecule has 0 radical (unpaired) electrons. The first-order valence-electron chi connectivity index (χ1n) is 7.27. The van der Waals surface area contributed by atoms with Gasteiger partial charge < -0.3 is 14.7 Å². The lowest BCUT2D eigenvalue weighted by Gasteiger charge is -2.19. The quantitative estimate of drug-likeness (QED) is 0.914. The average molecular weight is 289 g/mol. The minimum Gasteiger partial charge on any atom is -0.496 e. The standard InChI is InChI=1S/C16H19NO4/c1-21-14-6-11-4-2-3-10(11)5-12(14)8-17-9-13(16(19)20)7-15(17)18/h5-6,13H,2-4,7-9H2,1H3,(H,19,20). The molecule has 0 aromatic heterocycles. The van der Waals surface area contributed by atoms with E-state index in [1.165, 1.54) is 11.1 Å². The monoisotopic (exact) mass is 289 g/mol. The molecule has 1 unspecified atom stereocenters. The van der Waals surface area contributed by atoms with E-state index in [9.17, 15) is 9.59 Å². The molecule has 1 aliphatic heterocycles. The van der Waals surface area contributed by atoms with Crippen molar-refractivity contribution in [1.29, 1.82) is 0 Å². The highest BCUT2D eigenvalue weighted by Crippen LogP contribution is 2.31. The highest BCUT2D eigenvalue weighted by molar-refractivity contribution is 5.86. The normalized spacial score (nSPS) is 20.7. The largest absolute Gasteiger partial charge is 0.496 e. The summed E-state index contributed by atoms with van der Waals surface area (Å²) in [6, 6.07) is 4.18.